The largest absolute Gasteiger partial charge is 0.391 e. The van der Waals surface area contributed by atoms with Crippen LogP contribution in [0.3, 0.4) is 0 Å². The van der Waals surface area contributed by atoms with E-state index in [4.69, 9.17) is 0 Å². The number of aliphatic hydroxyl groups is 1. The van der Waals surface area contributed by atoms with Gasteiger partial charge in [-0.3, -0.25) is 9.69 Å². The van der Waals surface area contributed by atoms with E-state index in [0.717, 1.165) is 51.9 Å². The number of hydrogen-bond acceptors (Lipinski definition) is 3. The molecule has 0 aromatic heterocycles. The zero-order valence-electron chi connectivity index (χ0n) is 12.5. The summed E-state index contributed by atoms with van der Waals surface area (Å²) in [6.45, 7) is 3.60. The van der Waals surface area contributed by atoms with Crippen molar-refractivity contribution in [1.82, 2.24) is 9.80 Å². The van der Waals surface area contributed by atoms with Gasteiger partial charge in [0.15, 0.2) is 0 Å². The van der Waals surface area contributed by atoms with E-state index in [1.54, 1.807) is 0 Å². The first-order valence-corrected chi connectivity index (χ1v) is 8.44. The van der Waals surface area contributed by atoms with Crippen LogP contribution in [0.25, 0.3) is 0 Å². The van der Waals surface area contributed by atoms with Gasteiger partial charge >= 0.3 is 0 Å². The van der Waals surface area contributed by atoms with Crippen molar-refractivity contribution in [2.45, 2.75) is 63.5 Å². The van der Waals surface area contributed by atoms with E-state index in [1.165, 1.54) is 25.7 Å². The van der Waals surface area contributed by atoms with Crippen LogP contribution >= 0.6 is 0 Å². The molecule has 2 aliphatic carbocycles. The zero-order valence-corrected chi connectivity index (χ0v) is 12.5. The first-order valence-electron chi connectivity index (χ1n) is 8.44. The smallest absolute Gasteiger partial charge is 0.222 e. The molecule has 4 heteroatoms. The maximum atomic E-state index is 12.3. The molecule has 3 rings (SSSR count). The Labute approximate surface area is 122 Å². The van der Waals surface area contributed by atoms with E-state index in [2.05, 4.69) is 9.80 Å². The van der Waals surface area contributed by atoms with Gasteiger partial charge in [0.05, 0.1) is 6.10 Å². The fourth-order valence-electron chi connectivity index (χ4n) is 4.24. The van der Waals surface area contributed by atoms with Crippen LogP contribution in [0.4, 0.5) is 0 Å². The normalized spacial score (nSPS) is 33.0. The fourth-order valence-corrected chi connectivity index (χ4v) is 4.24. The summed E-state index contributed by atoms with van der Waals surface area (Å²) in [4.78, 5) is 16.8. The van der Waals surface area contributed by atoms with Crippen LogP contribution < -0.4 is 0 Å². The Kier molecular flexibility index (Phi) is 4.61. The van der Waals surface area contributed by atoms with Gasteiger partial charge in [-0.05, 0) is 38.0 Å². The van der Waals surface area contributed by atoms with Gasteiger partial charge in [-0.2, -0.15) is 0 Å². The molecule has 0 aromatic rings. The van der Waals surface area contributed by atoms with E-state index in [9.17, 15) is 9.90 Å². The number of carbonyl (C=O) groups excluding carboxylic acids is 1. The van der Waals surface area contributed by atoms with Gasteiger partial charge in [-0.1, -0.05) is 12.8 Å². The number of amides is 1. The van der Waals surface area contributed by atoms with Crippen molar-refractivity contribution in [3.05, 3.63) is 0 Å². The number of nitrogens with zero attached hydrogens (tertiary/aromatic N) is 2. The molecule has 114 valence electrons. The summed E-state index contributed by atoms with van der Waals surface area (Å²) in [6.07, 6.45) is 8.97. The second kappa shape index (κ2) is 6.44. The molecule has 4 nitrogen and oxygen atoms in total. The first-order chi connectivity index (χ1) is 9.74. The quantitative estimate of drug-likeness (QED) is 0.854. The van der Waals surface area contributed by atoms with E-state index in [0.29, 0.717) is 17.9 Å². The number of carbonyl (C=O) groups is 1. The monoisotopic (exact) mass is 280 g/mol. The van der Waals surface area contributed by atoms with Crippen molar-refractivity contribution in [2.24, 2.45) is 5.92 Å². The first kappa shape index (κ1) is 14.3. The zero-order chi connectivity index (χ0) is 13.9. The number of aliphatic hydroxyl groups excluding tert-OH is 1. The minimum absolute atomic E-state index is 0.143. The van der Waals surface area contributed by atoms with Crippen LogP contribution in [0.5, 0.6) is 0 Å². The van der Waals surface area contributed by atoms with Crippen LogP contribution in [0.2, 0.25) is 0 Å². The van der Waals surface area contributed by atoms with Gasteiger partial charge in [0.2, 0.25) is 5.91 Å². The Hall–Kier alpha value is -0.610. The molecule has 2 atom stereocenters. The van der Waals surface area contributed by atoms with Crippen LogP contribution in [-0.4, -0.2) is 59.1 Å². The molecular formula is C16H28N2O2. The summed E-state index contributed by atoms with van der Waals surface area (Å²) in [5, 5.41) is 9.98. The van der Waals surface area contributed by atoms with Gasteiger partial charge in [0.25, 0.3) is 0 Å². The molecule has 20 heavy (non-hydrogen) atoms. The van der Waals surface area contributed by atoms with Gasteiger partial charge in [-0.25, -0.2) is 0 Å². The summed E-state index contributed by atoms with van der Waals surface area (Å²) in [7, 11) is 0. The highest BCUT2D eigenvalue weighted by atomic mass is 16.3. The van der Waals surface area contributed by atoms with Gasteiger partial charge < -0.3 is 10.0 Å². The molecule has 0 radical (unpaired) electrons. The van der Waals surface area contributed by atoms with E-state index in [1.807, 2.05) is 0 Å². The van der Waals surface area contributed by atoms with Crippen molar-refractivity contribution in [2.75, 3.05) is 26.2 Å². The molecule has 1 N–H and O–H groups in total. The van der Waals surface area contributed by atoms with Crippen LogP contribution in [0.15, 0.2) is 0 Å². The minimum Gasteiger partial charge on any atom is -0.391 e. The highest BCUT2D eigenvalue weighted by molar-refractivity contribution is 5.76. The number of rotatable bonds is 3. The molecule has 0 bridgehead atoms. The van der Waals surface area contributed by atoms with Gasteiger partial charge in [-0.15, -0.1) is 0 Å². The van der Waals surface area contributed by atoms with Gasteiger partial charge in [0.1, 0.15) is 0 Å². The van der Waals surface area contributed by atoms with E-state index >= 15 is 0 Å². The molecule has 1 amide bonds. The van der Waals surface area contributed by atoms with Crippen molar-refractivity contribution in [3.63, 3.8) is 0 Å². The third kappa shape index (κ3) is 3.17. The molecule has 0 aromatic carbocycles. The average molecular weight is 280 g/mol. The lowest BCUT2D eigenvalue weighted by molar-refractivity contribution is -0.134. The average Bonchev–Trinajstić information content (AvgIpc) is 3.10. The molecule has 1 aliphatic heterocycles. The molecule has 1 saturated heterocycles. The van der Waals surface area contributed by atoms with Crippen molar-refractivity contribution in [1.29, 1.82) is 0 Å². The van der Waals surface area contributed by atoms with Crippen molar-refractivity contribution < 1.29 is 9.90 Å². The summed E-state index contributed by atoms with van der Waals surface area (Å²) >= 11 is 0. The van der Waals surface area contributed by atoms with Gasteiger partial charge in [0, 0.05) is 38.6 Å². The maximum Gasteiger partial charge on any atom is 0.222 e. The predicted molar refractivity (Wildman–Crippen MR) is 78.4 cm³/mol. The highest BCUT2D eigenvalue weighted by Gasteiger charge is 2.33. The standard InChI is InChI=1S/C16H28N2O2/c19-15-7-3-6-14(15)17-8-10-18(11-9-17)16(20)12-13-4-1-2-5-13/h13-15,19H,1-12H2/t14-,15-/m0/s1. The molecular weight excluding hydrogens is 252 g/mol. The molecule has 0 unspecified atom stereocenters. The van der Waals surface area contributed by atoms with Crippen molar-refractivity contribution >= 4 is 5.91 Å². The summed E-state index contributed by atoms with van der Waals surface area (Å²) in [5.41, 5.74) is 0. The van der Waals surface area contributed by atoms with Crippen molar-refractivity contribution in [3.8, 4) is 0 Å². The maximum absolute atomic E-state index is 12.3. The Morgan fingerprint density at radius 3 is 2.25 bits per heavy atom. The second-order valence-corrected chi connectivity index (χ2v) is 6.84. The topological polar surface area (TPSA) is 43.8 Å². The lowest BCUT2D eigenvalue weighted by Crippen LogP contribution is -2.53. The summed E-state index contributed by atoms with van der Waals surface area (Å²) < 4.78 is 0. The van der Waals surface area contributed by atoms with E-state index < -0.39 is 0 Å². The molecule has 1 heterocycles. The third-order valence-corrected chi connectivity index (χ3v) is 5.52. The Morgan fingerprint density at radius 2 is 1.65 bits per heavy atom. The molecule has 2 saturated carbocycles. The lowest BCUT2D eigenvalue weighted by atomic mass is 10.0. The molecule has 3 fully saturated rings. The predicted octanol–water partition coefficient (Wildman–Crippen LogP) is 1.62. The molecule has 3 aliphatic rings. The highest BCUT2D eigenvalue weighted by Crippen LogP contribution is 2.29. The SMILES string of the molecule is O=C(CC1CCCC1)N1CCN([C@H]2CCC[C@@H]2O)CC1. The molecule has 0 spiro atoms. The lowest BCUT2D eigenvalue weighted by Gasteiger charge is -2.39. The number of hydrogen-bond donors (Lipinski definition) is 1. The second-order valence-electron chi connectivity index (χ2n) is 6.84. The summed E-state index contributed by atoms with van der Waals surface area (Å²) in [6, 6.07) is 0.349. The minimum atomic E-state index is -0.143. The van der Waals surface area contributed by atoms with Crippen LogP contribution in [0, 0.1) is 5.92 Å². The Balaban J connectivity index is 1.44. The third-order valence-electron chi connectivity index (χ3n) is 5.52. The van der Waals surface area contributed by atoms with Crippen LogP contribution in [0.1, 0.15) is 51.4 Å². The fraction of sp³-hybridized carbons (Fsp3) is 0.938. The number of piperazine rings is 1. The summed E-state index contributed by atoms with van der Waals surface area (Å²) in [5.74, 6) is 1.01. The van der Waals surface area contributed by atoms with E-state index in [-0.39, 0.29) is 6.10 Å². The van der Waals surface area contributed by atoms with Crippen LogP contribution in [-0.2, 0) is 4.79 Å². The Morgan fingerprint density at radius 1 is 0.950 bits per heavy atom. The Bertz CT molecular complexity index is 333.